The number of carbonyl (C=O) groups excluding carboxylic acids is 1. The molecule has 0 bridgehead atoms. The average molecular weight is 217 g/mol. The second-order valence-corrected chi connectivity index (χ2v) is 4.12. The van der Waals surface area contributed by atoms with Crippen molar-refractivity contribution in [2.75, 3.05) is 0 Å². The summed E-state index contributed by atoms with van der Waals surface area (Å²) >= 11 is 0. The van der Waals surface area contributed by atoms with Crippen LogP contribution in [0.4, 0.5) is 0 Å². The van der Waals surface area contributed by atoms with E-state index in [0.29, 0.717) is 5.56 Å². The Bertz CT molecular complexity index is 526. The van der Waals surface area contributed by atoms with E-state index >= 15 is 0 Å². The Morgan fingerprint density at radius 3 is 2.69 bits per heavy atom. The molecular formula is C13H15NO2. The molecular weight excluding hydrogens is 202 g/mol. The lowest BCUT2D eigenvalue weighted by Gasteiger charge is -2.07. The van der Waals surface area contributed by atoms with Crippen LogP contribution in [0.5, 0.6) is 0 Å². The van der Waals surface area contributed by atoms with E-state index in [-0.39, 0.29) is 12.1 Å². The summed E-state index contributed by atoms with van der Waals surface area (Å²) < 4.78 is 5.22. The predicted octanol–water partition coefficient (Wildman–Crippen LogP) is 3.04. The highest BCUT2D eigenvalue weighted by atomic mass is 16.5. The van der Waals surface area contributed by atoms with E-state index in [0.717, 1.165) is 16.6 Å². The number of benzene rings is 1. The van der Waals surface area contributed by atoms with Crippen LogP contribution in [0.2, 0.25) is 0 Å². The average Bonchev–Trinajstić information content (AvgIpc) is 2.52. The largest absolute Gasteiger partial charge is 0.459 e. The number of para-hydroxylation sites is 1. The Kier molecular flexibility index (Phi) is 2.69. The number of hydrogen-bond acceptors (Lipinski definition) is 2. The number of fused-ring (bicyclic) bond motifs is 1. The third-order valence-electron chi connectivity index (χ3n) is 2.44. The summed E-state index contributed by atoms with van der Waals surface area (Å²) in [5.74, 6) is -0.259. The highest BCUT2D eigenvalue weighted by Crippen LogP contribution is 2.22. The van der Waals surface area contributed by atoms with Crippen LogP contribution in [0.3, 0.4) is 0 Å². The number of carbonyl (C=O) groups is 1. The van der Waals surface area contributed by atoms with Crippen LogP contribution in [0.1, 0.15) is 29.9 Å². The number of rotatable bonds is 2. The fraction of sp³-hybridized carbons (Fsp3) is 0.308. The van der Waals surface area contributed by atoms with Gasteiger partial charge in [0.2, 0.25) is 0 Å². The van der Waals surface area contributed by atoms with Gasteiger partial charge in [-0.25, -0.2) is 4.79 Å². The zero-order valence-corrected chi connectivity index (χ0v) is 9.70. The number of esters is 1. The van der Waals surface area contributed by atoms with Crippen molar-refractivity contribution < 1.29 is 9.53 Å². The number of H-pyrrole nitrogens is 1. The normalized spacial score (nSPS) is 11.0. The topological polar surface area (TPSA) is 42.1 Å². The molecule has 0 saturated heterocycles. The molecule has 2 aromatic rings. The van der Waals surface area contributed by atoms with Crippen LogP contribution in [-0.4, -0.2) is 17.1 Å². The number of hydrogen-bond donors (Lipinski definition) is 1. The number of nitrogens with one attached hydrogen (secondary N) is 1. The highest BCUT2D eigenvalue weighted by Gasteiger charge is 2.17. The maximum absolute atomic E-state index is 11.9. The Morgan fingerprint density at radius 2 is 2.00 bits per heavy atom. The summed E-state index contributed by atoms with van der Waals surface area (Å²) in [5.41, 5.74) is 2.46. The minimum Gasteiger partial charge on any atom is -0.459 e. The van der Waals surface area contributed by atoms with Gasteiger partial charge < -0.3 is 9.72 Å². The first kappa shape index (κ1) is 10.7. The second-order valence-electron chi connectivity index (χ2n) is 4.12. The lowest BCUT2D eigenvalue weighted by Crippen LogP contribution is -2.12. The van der Waals surface area contributed by atoms with Crippen molar-refractivity contribution in [3.05, 3.63) is 35.5 Å². The van der Waals surface area contributed by atoms with E-state index in [4.69, 9.17) is 4.74 Å². The molecule has 1 heterocycles. The number of aryl methyl sites for hydroxylation is 1. The van der Waals surface area contributed by atoms with Crippen molar-refractivity contribution >= 4 is 16.9 Å². The van der Waals surface area contributed by atoms with Crippen LogP contribution >= 0.6 is 0 Å². The Balaban J connectivity index is 2.51. The monoisotopic (exact) mass is 217 g/mol. The lowest BCUT2D eigenvalue weighted by atomic mass is 10.1. The third kappa shape index (κ3) is 1.81. The molecule has 0 saturated carbocycles. The van der Waals surface area contributed by atoms with Gasteiger partial charge >= 0.3 is 5.97 Å². The Hall–Kier alpha value is -1.77. The summed E-state index contributed by atoms with van der Waals surface area (Å²) in [4.78, 5) is 15.1. The lowest BCUT2D eigenvalue weighted by molar-refractivity contribution is 0.0379. The SMILES string of the molecule is Cc1[nH]c2ccccc2c1C(=O)OC(C)C. The molecule has 84 valence electrons. The smallest absolute Gasteiger partial charge is 0.340 e. The van der Waals surface area contributed by atoms with Crippen LogP contribution in [-0.2, 0) is 4.74 Å². The van der Waals surface area contributed by atoms with E-state index in [1.165, 1.54) is 0 Å². The van der Waals surface area contributed by atoms with Crippen molar-refractivity contribution in [2.24, 2.45) is 0 Å². The van der Waals surface area contributed by atoms with Crippen molar-refractivity contribution in [1.82, 2.24) is 4.98 Å². The summed E-state index contributed by atoms with van der Waals surface area (Å²) in [7, 11) is 0. The van der Waals surface area contributed by atoms with Gasteiger partial charge in [0.05, 0.1) is 11.7 Å². The zero-order valence-electron chi connectivity index (χ0n) is 9.70. The molecule has 3 nitrogen and oxygen atoms in total. The first-order valence-corrected chi connectivity index (χ1v) is 5.38. The molecule has 0 aliphatic carbocycles. The molecule has 16 heavy (non-hydrogen) atoms. The molecule has 0 radical (unpaired) electrons. The summed E-state index contributed by atoms with van der Waals surface area (Å²) in [6.07, 6.45) is -0.0967. The number of aromatic amines is 1. The quantitative estimate of drug-likeness (QED) is 0.785. The van der Waals surface area contributed by atoms with Gasteiger partial charge in [0, 0.05) is 16.6 Å². The molecule has 0 fully saturated rings. The maximum Gasteiger partial charge on any atom is 0.340 e. The summed E-state index contributed by atoms with van der Waals surface area (Å²) in [6, 6.07) is 7.74. The predicted molar refractivity (Wildman–Crippen MR) is 63.6 cm³/mol. The summed E-state index contributed by atoms with van der Waals surface area (Å²) in [6.45, 7) is 5.58. The zero-order chi connectivity index (χ0) is 11.7. The van der Waals surface area contributed by atoms with Gasteiger partial charge in [0.25, 0.3) is 0 Å². The molecule has 1 aromatic heterocycles. The van der Waals surface area contributed by atoms with Crippen LogP contribution in [0.25, 0.3) is 10.9 Å². The molecule has 0 aliphatic rings. The van der Waals surface area contributed by atoms with Gasteiger partial charge in [0.1, 0.15) is 0 Å². The van der Waals surface area contributed by atoms with Gasteiger partial charge in [-0.3, -0.25) is 0 Å². The second kappa shape index (κ2) is 4.00. The summed E-state index contributed by atoms with van der Waals surface area (Å²) in [5, 5.41) is 0.922. The van der Waals surface area contributed by atoms with Gasteiger partial charge in [-0.15, -0.1) is 0 Å². The van der Waals surface area contributed by atoms with Crippen molar-refractivity contribution in [3.63, 3.8) is 0 Å². The molecule has 3 heteroatoms. The van der Waals surface area contributed by atoms with Gasteiger partial charge in [-0.2, -0.15) is 0 Å². The molecule has 0 amide bonds. The molecule has 0 spiro atoms. The Morgan fingerprint density at radius 1 is 1.31 bits per heavy atom. The highest BCUT2D eigenvalue weighted by molar-refractivity contribution is 6.05. The first-order chi connectivity index (χ1) is 7.59. The fourth-order valence-corrected chi connectivity index (χ4v) is 1.81. The van der Waals surface area contributed by atoms with Crippen molar-refractivity contribution in [2.45, 2.75) is 26.9 Å². The molecule has 0 unspecified atom stereocenters. The van der Waals surface area contributed by atoms with E-state index in [9.17, 15) is 4.79 Å². The minimum absolute atomic E-state index is 0.0967. The Labute approximate surface area is 94.4 Å². The molecule has 1 N–H and O–H groups in total. The maximum atomic E-state index is 11.9. The van der Waals surface area contributed by atoms with Gasteiger partial charge in [-0.05, 0) is 26.8 Å². The standard InChI is InChI=1S/C13H15NO2/c1-8(2)16-13(15)12-9(3)14-11-7-5-4-6-10(11)12/h4-8,14H,1-3H3. The van der Waals surface area contributed by atoms with E-state index in [2.05, 4.69) is 4.98 Å². The van der Waals surface area contributed by atoms with E-state index < -0.39 is 0 Å². The van der Waals surface area contributed by atoms with Crippen molar-refractivity contribution in [3.8, 4) is 0 Å². The molecule has 1 aromatic carbocycles. The van der Waals surface area contributed by atoms with Crippen molar-refractivity contribution in [1.29, 1.82) is 0 Å². The first-order valence-electron chi connectivity index (χ1n) is 5.38. The third-order valence-corrected chi connectivity index (χ3v) is 2.44. The molecule has 0 aliphatic heterocycles. The number of aromatic nitrogens is 1. The molecule has 2 rings (SSSR count). The molecule has 0 atom stereocenters. The van der Waals surface area contributed by atoms with Crippen LogP contribution in [0, 0.1) is 6.92 Å². The van der Waals surface area contributed by atoms with E-state index in [1.807, 2.05) is 45.0 Å². The van der Waals surface area contributed by atoms with Crippen LogP contribution < -0.4 is 0 Å². The van der Waals surface area contributed by atoms with Gasteiger partial charge in [-0.1, -0.05) is 18.2 Å². The van der Waals surface area contributed by atoms with Crippen LogP contribution in [0.15, 0.2) is 24.3 Å². The number of ether oxygens (including phenoxy) is 1. The van der Waals surface area contributed by atoms with Gasteiger partial charge in [0.15, 0.2) is 0 Å². The van der Waals surface area contributed by atoms with E-state index in [1.54, 1.807) is 0 Å². The fourth-order valence-electron chi connectivity index (χ4n) is 1.81. The minimum atomic E-state index is -0.259.